The Balaban J connectivity index is 1.19. The summed E-state index contributed by atoms with van der Waals surface area (Å²) in [6.07, 6.45) is 2.46. The van der Waals surface area contributed by atoms with Gasteiger partial charge in [0.1, 0.15) is 12.7 Å². The van der Waals surface area contributed by atoms with Crippen LogP contribution in [0.2, 0.25) is 0 Å². The highest BCUT2D eigenvalue weighted by Gasteiger charge is 2.27. The first-order valence-corrected chi connectivity index (χ1v) is 10.1. The van der Waals surface area contributed by atoms with Gasteiger partial charge in [-0.2, -0.15) is 0 Å². The Kier molecular flexibility index (Phi) is 4.27. The number of nitrogens with zero attached hydrogens (tertiary/aromatic N) is 2. The van der Waals surface area contributed by atoms with Crippen molar-refractivity contribution in [3.8, 4) is 11.5 Å². The maximum absolute atomic E-state index is 6.11. The first kappa shape index (κ1) is 16.1. The van der Waals surface area contributed by atoms with E-state index in [1.165, 1.54) is 22.5 Å². The molecule has 4 nitrogen and oxygen atoms in total. The van der Waals surface area contributed by atoms with Crippen molar-refractivity contribution in [2.45, 2.75) is 24.9 Å². The van der Waals surface area contributed by atoms with E-state index in [0.29, 0.717) is 12.5 Å². The number of fused-ring (bicyclic) bond motifs is 2. The molecule has 0 spiro atoms. The van der Waals surface area contributed by atoms with E-state index in [4.69, 9.17) is 14.5 Å². The Morgan fingerprint density at radius 2 is 1.77 bits per heavy atom. The standard InChI is InChI=1S/C21H22N2O2S/c1-4-8-20-17(5-1)22-21(26-20)15-9-11-23(12-10-15)13-16-14-24-18-6-2-3-7-19(18)25-16/h1-8,15-16H,9-14H2/t16-/m0/s1. The van der Waals surface area contributed by atoms with Gasteiger partial charge in [0.2, 0.25) is 0 Å². The molecule has 3 aromatic rings. The second kappa shape index (κ2) is 6.89. The van der Waals surface area contributed by atoms with E-state index in [0.717, 1.165) is 36.6 Å². The number of hydrogen-bond acceptors (Lipinski definition) is 5. The molecule has 0 amide bonds. The zero-order chi connectivity index (χ0) is 17.3. The molecule has 0 bridgehead atoms. The van der Waals surface area contributed by atoms with Crippen LogP contribution in [0.25, 0.3) is 10.2 Å². The molecule has 0 unspecified atom stereocenters. The van der Waals surface area contributed by atoms with E-state index in [1.807, 2.05) is 35.6 Å². The summed E-state index contributed by atoms with van der Waals surface area (Å²) in [6, 6.07) is 16.4. The fourth-order valence-corrected chi connectivity index (χ4v) is 5.00. The highest BCUT2D eigenvalue weighted by Crippen LogP contribution is 2.35. The summed E-state index contributed by atoms with van der Waals surface area (Å²) in [4.78, 5) is 7.36. The minimum Gasteiger partial charge on any atom is -0.486 e. The summed E-state index contributed by atoms with van der Waals surface area (Å²) in [5.74, 6) is 2.32. The maximum Gasteiger partial charge on any atom is 0.161 e. The summed E-state index contributed by atoms with van der Waals surface area (Å²) < 4.78 is 13.3. The van der Waals surface area contributed by atoms with Gasteiger partial charge in [-0.25, -0.2) is 4.98 Å². The topological polar surface area (TPSA) is 34.6 Å². The van der Waals surface area contributed by atoms with Crippen molar-refractivity contribution in [1.82, 2.24) is 9.88 Å². The van der Waals surface area contributed by atoms with Crippen molar-refractivity contribution in [3.05, 3.63) is 53.5 Å². The highest BCUT2D eigenvalue weighted by molar-refractivity contribution is 7.18. The van der Waals surface area contributed by atoms with E-state index in [1.54, 1.807) is 0 Å². The predicted molar refractivity (Wildman–Crippen MR) is 104 cm³/mol. The molecule has 134 valence electrons. The molecule has 2 aromatic carbocycles. The lowest BCUT2D eigenvalue weighted by Gasteiger charge is -2.35. The molecule has 0 N–H and O–H groups in total. The molecule has 0 saturated carbocycles. The smallest absolute Gasteiger partial charge is 0.161 e. The zero-order valence-corrected chi connectivity index (χ0v) is 15.5. The molecule has 1 fully saturated rings. The van der Waals surface area contributed by atoms with E-state index in [9.17, 15) is 0 Å². The largest absolute Gasteiger partial charge is 0.486 e. The van der Waals surface area contributed by atoms with E-state index < -0.39 is 0 Å². The van der Waals surface area contributed by atoms with Gasteiger partial charge in [-0.05, 0) is 50.2 Å². The van der Waals surface area contributed by atoms with Gasteiger partial charge in [0.25, 0.3) is 0 Å². The van der Waals surface area contributed by atoms with Crippen molar-refractivity contribution in [3.63, 3.8) is 0 Å². The molecule has 0 aliphatic carbocycles. The number of ether oxygens (including phenoxy) is 2. The number of rotatable bonds is 3. The molecule has 2 aliphatic rings. The average Bonchev–Trinajstić information content (AvgIpc) is 3.13. The van der Waals surface area contributed by atoms with Gasteiger partial charge >= 0.3 is 0 Å². The van der Waals surface area contributed by atoms with Crippen molar-refractivity contribution < 1.29 is 9.47 Å². The van der Waals surface area contributed by atoms with Crippen LogP contribution < -0.4 is 9.47 Å². The fourth-order valence-electron chi connectivity index (χ4n) is 3.87. The molecule has 26 heavy (non-hydrogen) atoms. The first-order valence-electron chi connectivity index (χ1n) is 9.31. The van der Waals surface area contributed by atoms with Crippen molar-refractivity contribution in [1.29, 1.82) is 0 Å². The molecule has 5 heteroatoms. The maximum atomic E-state index is 6.11. The van der Waals surface area contributed by atoms with Crippen LogP contribution in [0.15, 0.2) is 48.5 Å². The number of para-hydroxylation sites is 3. The lowest BCUT2D eigenvalue weighted by Crippen LogP contribution is -2.43. The number of aromatic nitrogens is 1. The molecule has 2 aliphatic heterocycles. The molecule has 5 rings (SSSR count). The van der Waals surface area contributed by atoms with Gasteiger partial charge in [-0.3, -0.25) is 4.90 Å². The third kappa shape index (κ3) is 3.17. The molecule has 0 radical (unpaired) electrons. The molecule has 3 heterocycles. The quantitative estimate of drug-likeness (QED) is 0.692. The third-order valence-corrected chi connectivity index (χ3v) is 6.48. The summed E-state index contributed by atoms with van der Waals surface area (Å²) in [7, 11) is 0. The SMILES string of the molecule is c1ccc2c(c1)OC[C@H](CN1CCC(c3nc4ccccc4s3)CC1)O2. The fraction of sp³-hybridized carbons (Fsp3) is 0.381. The zero-order valence-electron chi connectivity index (χ0n) is 14.6. The number of likely N-dealkylation sites (tertiary alicyclic amines) is 1. The van der Waals surface area contributed by atoms with Crippen LogP contribution >= 0.6 is 11.3 Å². The Labute approximate surface area is 157 Å². The highest BCUT2D eigenvalue weighted by atomic mass is 32.1. The third-order valence-electron chi connectivity index (χ3n) is 5.28. The van der Waals surface area contributed by atoms with Crippen molar-refractivity contribution in [2.24, 2.45) is 0 Å². The first-order chi connectivity index (χ1) is 12.8. The van der Waals surface area contributed by atoms with Gasteiger partial charge in [-0.1, -0.05) is 24.3 Å². The Hall–Kier alpha value is -2.11. The number of piperidine rings is 1. The summed E-state index contributed by atoms with van der Waals surface area (Å²) in [6.45, 7) is 3.76. The number of benzene rings is 2. The number of hydrogen-bond donors (Lipinski definition) is 0. The molecule has 1 saturated heterocycles. The van der Waals surface area contributed by atoms with Crippen LogP contribution in [0, 0.1) is 0 Å². The van der Waals surface area contributed by atoms with Gasteiger partial charge in [0.15, 0.2) is 11.5 Å². The Morgan fingerprint density at radius 3 is 2.62 bits per heavy atom. The van der Waals surface area contributed by atoms with Crippen LogP contribution in [0.4, 0.5) is 0 Å². The monoisotopic (exact) mass is 366 g/mol. The second-order valence-electron chi connectivity index (χ2n) is 7.09. The van der Waals surface area contributed by atoms with Crippen molar-refractivity contribution >= 4 is 21.6 Å². The normalized spacial score (nSPS) is 21.2. The predicted octanol–water partition coefficient (Wildman–Crippen LogP) is 4.32. The Bertz CT molecular complexity index is 869. The second-order valence-corrected chi connectivity index (χ2v) is 8.15. The average molecular weight is 366 g/mol. The van der Waals surface area contributed by atoms with Crippen LogP contribution in [-0.2, 0) is 0 Å². The molecular formula is C21H22N2O2S. The summed E-state index contributed by atoms with van der Waals surface area (Å²) in [5.41, 5.74) is 1.14. The van der Waals surface area contributed by atoms with Crippen molar-refractivity contribution in [2.75, 3.05) is 26.2 Å². The lowest BCUT2D eigenvalue weighted by atomic mass is 9.97. The van der Waals surface area contributed by atoms with E-state index in [-0.39, 0.29) is 6.10 Å². The number of thiazole rings is 1. The van der Waals surface area contributed by atoms with Crippen LogP contribution in [0.1, 0.15) is 23.8 Å². The van der Waals surface area contributed by atoms with Crippen LogP contribution in [-0.4, -0.2) is 42.2 Å². The van der Waals surface area contributed by atoms with E-state index in [2.05, 4.69) is 29.2 Å². The van der Waals surface area contributed by atoms with Gasteiger partial charge in [0, 0.05) is 12.5 Å². The molecule has 1 atom stereocenters. The van der Waals surface area contributed by atoms with E-state index >= 15 is 0 Å². The van der Waals surface area contributed by atoms with Crippen LogP contribution in [0.5, 0.6) is 11.5 Å². The Morgan fingerprint density at radius 1 is 1.00 bits per heavy atom. The van der Waals surface area contributed by atoms with Crippen LogP contribution in [0.3, 0.4) is 0 Å². The molecular weight excluding hydrogens is 344 g/mol. The summed E-state index contributed by atoms with van der Waals surface area (Å²) >= 11 is 1.86. The minimum atomic E-state index is 0.115. The van der Waals surface area contributed by atoms with Gasteiger partial charge < -0.3 is 9.47 Å². The minimum absolute atomic E-state index is 0.115. The summed E-state index contributed by atoms with van der Waals surface area (Å²) in [5, 5.41) is 1.30. The molecule has 1 aromatic heterocycles. The van der Waals surface area contributed by atoms with Gasteiger partial charge in [-0.15, -0.1) is 11.3 Å². The lowest BCUT2D eigenvalue weighted by molar-refractivity contribution is 0.0514. The van der Waals surface area contributed by atoms with Gasteiger partial charge in [0.05, 0.1) is 15.2 Å².